The number of allylic oxidation sites excluding steroid dienone is 1. The van der Waals surface area contributed by atoms with E-state index in [0.717, 1.165) is 56.0 Å². The van der Waals surface area contributed by atoms with E-state index in [0.29, 0.717) is 6.54 Å². The summed E-state index contributed by atoms with van der Waals surface area (Å²) in [4.78, 5) is 17.3. The van der Waals surface area contributed by atoms with Gasteiger partial charge in [-0.05, 0) is 63.9 Å². The van der Waals surface area contributed by atoms with E-state index in [-0.39, 0.29) is 17.1 Å². The van der Waals surface area contributed by atoms with E-state index in [4.69, 9.17) is 5.10 Å². The van der Waals surface area contributed by atoms with E-state index in [1.165, 1.54) is 17.7 Å². The van der Waals surface area contributed by atoms with E-state index in [1.807, 2.05) is 23.6 Å². The molecule has 0 unspecified atom stereocenters. The SMILES string of the molecule is Cc1nn(-c2ccc(F)cc2)c(C)c1CN1CCC[C@]2(CC=CCN(C)C2=O)C1. The van der Waals surface area contributed by atoms with Crippen LogP contribution in [0.2, 0.25) is 0 Å². The minimum atomic E-state index is -0.311. The second-order valence-corrected chi connectivity index (χ2v) is 8.49. The van der Waals surface area contributed by atoms with Crippen molar-refractivity contribution in [3.63, 3.8) is 0 Å². The van der Waals surface area contributed by atoms with Crippen molar-refractivity contribution in [2.24, 2.45) is 5.41 Å². The van der Waals surface area contributed by atoms with Gasteiger partial charge in [-0.25, -0.2) is 9.07 Å². The molecular weight excluding hydrogens is 367 g/mol. The standard InChI is InChI=1S/C23H29FN4O/c1-17-21(18(2)28(25-17)20-9-7-19(24)8-10-20)15-27-14-6-12-23(16-27)11-4-5-13-26(3)22(23)29/h4-5,7-10H,6,11-16H2,1-3H3/t23-/m1/s1. The molecule has 2 aliphatic rings. The minimum absolute atomic E-state index is 0.249. The van der Waals surface area contributed by atoms with Crippen LogP contribution in [0, 0.1) is 25.1 Å². The third-order valence-corrected chi connectivity index (χ3v) is 6.40. The third kappa shape index (κ3) is 3.73. The van der Waals surface area contributed by atoms with Crippen molar-refractivity contribution < 1.29 is 9.18 Å². The first-order valence-electron chi connectivity index (χ1n) is 10.3. The zero-order chi connectivity index (χ0) is 20.6. The van der Waals surface area contributed by atoms with Crippen molar-refractivity contribution in [2.45, 2.75) is 39.7 Å². The molecule has 1 spiro atoms. The number of benzene rings is 1. The quantitative estimate of drug-likeness (QED) is 0.744. The number of piperidine rings is 1. The smallest absolute Gasteiger partial charge is 0.230 e. The van der Waals surface area contributed by atoms with Gasteiger partial charge in [-0.1, -0.05) is 12.2 Å². The molecule has 3 heterocycles. The van der Waals surface area contributed by atoms with Crippen molar-refractivity contribution in [3.8, 4) is 5.69 Å². The molecule has 0 bridgehead atoms. The molecular formula is C23H29FN4O. The molecule has 4 rings (SSSR count). The molecule has 0 radical (unpaired) electrons. The Hall–Kier alpha value is -2.47. The number of rotatable bonds is 3. The number of likely N-dealkylation sites (N-methyl/N-ethyl adjacent to an activating group) is 1. The normalized spacial score (nSPS) is 23.0. The highest BCUT2D eigenvalue weighted by atomic mass is 19.1. The fourth-order valence-corrected chi connectivity index (χ4v) is 4.78. The van der Waals surface area contributed by atoms with Crippen LogP contribution in [0.25, 0.3) is 5.69 Å². The number of likely N-dealkylation sites (tertiary alicyclic amines) is 1. The summed E-state index contributed by atoms with van der Waals surface area (Å²) in [5, 5.41) is 4.70. The summed E-state index contributed by atoms with van der Waals surface area (Å²) in [6.45, 7) is 7.33. The van der Waals surface area contributed by atoms with E-state index >= 15 is 0 Å². The first-order chi connectivity index (χ1) is 13.9. The number of hydrogen-bond donors (Lipinski definition) is 0. The van der Waals surface area contributed by atoms with Gasteiger partial charge in [0.05, 0.1) is 16.8 Å². The molecule has 0 N–H and O–H groups in total. The number of amides is 1. The molecule has 1 fully saturated rings. The van der Waals surface area contributed by atoms with Crippen LogP contribution in [-0.4, -0.2) is 52.2 Å². The number of nitrogens with zero attached hydrogens (tertiary/aromatic N) is 4. The Morgan fingerprint density at radius 3 is 2.69 bits per heavy atom. The van der Waals surface area contributed by atoms with Crippen LogP contribution in [0.5, 0.6) is 0 Å². The summed E-state index contributed by atoms with van der Waals surface area (Å²) in [7, 11) is 1.90. The maximum absolute atomic E-state index is 13.3. The number of carbonyl (C=O) groups is 1. The lowest BCUT2D eigenvalue weighted by molar-refractivity contribution is -0.143. The summed E-state index contributed by atoms with van der Waals surface area (Å²) in [5.41, 5.74) is 3.79. The molecule has 1 amide bonds. The molecule has 1 saturated heterocycles. The summed E-state index contributed by atoms with van der Waals surface area (Å²) in [6, 6.07) is 6.42. The lowest BCUT2D eigenvalue weighted by Gasteiger charge is -2.42. The van der Waals surface area contributed by atoms with Crippen LogP contribution in [0.15, 0.2) is 36.4 Å². The highest BCUT2D eigenvalue weighted by Gasteiger charge is 2.43. The van der Waals surface area contributed by atoms with Gasteiger partial charge in [0.25, 0.3) is 0 Å². The van der Waals surface area contributed by atoms with Gasteiger partial charge in [0, 0.05) is 37.9 Å². The Balaban J connectivity index is 1.57. The zero-order valence-electron chi connectivity index (χ0n) is 17.5. The monoisotopic (exact) mass is 396 g/mol. The molecule has 1 aromatic carbocycles. The van der Waals surface area contributed by atoms with Crippen LogP contribution in [0.3, 0.4) is 0 Å². The number of carbonyl (C=O) groups excluding carboxylic acids is 1. The molecule has 1 aromatic heterocycles. The molecule has 1 atom stereocenters. The molecule has 6 heteroatoms. The summed E-state index contributed by atoms with van der Waals surface area (Å²) < 4.78 is 15.2. The van der Waals surface area contributed by atoms with E-state index < -0.39 is 0 Å². The van der Waals surface area contributed by atoms with E-state index in [1.54, 1.807) is 12.1 Å². The molecule has 154 valence electrons. The van der Waals surface area contributed by atoms with Crippen molar-refractivity contribution >= 4 is 5.91 Å². The Labute approximate surface area is 171 Å². The maximum Gasteiger partial charge on any atom is 0.230 e. The van der Waals surface area contributed by atoms with Crippen LogP contribution in [0.1, 0.15) is 36.2 Å². The van der Waals surface area contributed by atoms with Crippen molar-refractivity contribution in [3.05, 3.63) is 59.2 Å². The first kappa shape index (κ1) is 19.8. The van der Waals surface area contributed by atoms with Crippen molar-refractivity contribution in [2.75, 3.05) is 26.7 Å². The molecule has 2 aliphatic heterocycles. The predicted molar refractivity (Wildman–Crippen MR) is 111 cm³/mol. The summed E-state index contributed by atoms with van der Waals surface area (Å²) in [6.07, 6.45) is 7.07. The molecule has 0 aliphatic carbocycles. The number of hydrogen-bond acceptors (Lipinski definition) is 3. The van der Waals surface area contributed by atoms with Gasteiger partial charge in [-0.15, -0.1) is 0 Å². The average molecular weight is 397 g/mol. The van der Waals surface area contributed by atoms with Crippen LogP contribution in [0.4, 0.5) is 4.39 Å². The Morgan fingerprint density at radius 2 is 1.93 bits per heavy atom. The van der Waals surface area contributed by atoms with E-state index in [9.17, 15) is 9.18 Å². The number of aryl methyl sites for hydroxylation is 1. The van der Waals surface area contributed by atoms with Crippen molar-refractivity contribution in [1.82, 2.24) is 19.6 Å². The lowest BCUT2D eigenvalue weighted by Crippen LogP contribution is -2.51. The van der Waals surface area contributed by atoms with Gasteiger partial charge in [-0.2, -0.15) is 5.10 Å². The largest absolute Gasteiger partial charge is 0.342 e. The zero-order valence-corrected chi connectivity index (χ0v) is 17.5. The van der Waals surface area contributed by atoms with Crippen molar-refractivity contribution in [1.29, 1.82) is 0 Å². The molecule has 0 saturated carbocycles. The summed E-state index contributed by atoms with van der Waals surface area (Å²) >= 11 is 0. The minimum Gasteiger partial charge on any atom is -0.342 e. The van der Waals surface area contributed by atoms with Gasteiger partial charge < -0.3 is 4.90 Å². The van der Waals surface area contributed by atoms with Gasteiger partial charge in [0.2, 0.25) is 5.91 Å². The first-order valence-corrected chi connectivity index (χ1v) is 10.3. The Bertz CT molecular complexity index is 933. The highest BCUT2D eigenvalue weighted by molar-refractivity contribution is 5.83. The van der Waals surface area contributed by atoms with Gasteiger partial charge in [-0.3, -0.25) is 9.69 Å². The molecule has 5 nitrogen and oxygen atoms in total. The Morgan fingerprint density at radius 1 is 1.17 bits per heavy atom. The van der Waals surface area contributed by atoms with Gasteiger partial charge >= 0.3 is 0 Å². The third-order valence-electron chi connectivity index (χ3n) is 6.40. The second-order valence-electron chi connectivity index (χ2n) is 8.49. The van der Waals surface area contributed by atoms with Gasteiger partial charge in [0.15, 0.2) is 0 Å². The lowest BCUT2D eigenvalue weighted by atomic mass is 9.76. The Kier molecular flexibility index (Phi) is 5.30. The molecule has 29 heavy (non-hydrogen) atoms. The predicted octanol–water partition coefficient (Wildman–Crippen LogP) is 3.63. The van der Waals surface area contributed by atoms with Crippen LogP contribution < -0.4 is 0 Å². The maximum atomic E-state index is 13.3. The van der Waals surface area contributed by atoms with Gasteiger partial charge in [0.1, 0.15) is 5.82 Å². The summed E-state index contributed by atoms with van der Waals surface area (Å²) in [5.74, 6) is 0.0175. The topological polar surface area (TPSA) is 41.4 Å². The highest BCUT2D eigenvalue weighted by Crippen LogP contribution is 2.38. The number of halogens is 1. The fraction of sp³-hybridized carbons (Fsp3) is 0.478. The average Bonchev–Trinajstić information content (AvgIpc) is 2.92. The van der Waals surface area contributed by atoms with Crippen LogP contribution in [-0.2, 0) is 11.3 Å². The van der Waals surface area contributed by atoms with E-state index in [2.05, 4.69) is 24.0 Å². The fourth-order valence-electron chi connectivity index (χ4n) is 4.78. The molecule has 2 aromatic rings. The second kappa shape index (κ2) is 7.75. The number of aromatic nitrogens is 2. The van der Waals surface area contributed by atoms with Crippen LogP contribution >= 0.6 is 0 Å².